The number of nitrogens with zero attached hydrogens (tertiary/aromatic N) is 2. The highest BCUT2D eigenvalue weighted by atomic mass is 16.5. The summed E-state index contributed by atoms with van der Waals surface area (Å²) in [6.45, 7) is 8.11. The number of rotatable bonds is 9. The normalized spacial score (nSPS) is 17.5. The monoisotopic (exact) mass is 307 g/mol. The second kappa shape index (κ2) is 9.08. The minimum Gasteiger partial charge on any atom is -0.389 e. The first kappa shape index (κ1) is 17.2. The Kier molecular flexibility index (Phi) is 7.09. The van der Waals surface area contributed by atoms with Gasteiger partial charge in [0.2, 0.25) is 0 Å². The molecule has 5 nitrogen and oxygen atoms in total. The SMILES string of the molecule is C=CCn1cc(CNC[C@H](O)COC2CCCCC2)c(C)n1. The summed E-state index contributed by atoms with van der Waals surface area (Å²) in [4.78, 5) is 0. The zero-order chi connectivity index (χ0) is 15.8. The van der Waals surface area contributed by atoms with Gasteiger partial charge < -0.3 is 15.2 Å². The van der Waals surface area contributed by atoms with Crippen LogP contribution in [0.25, 0.3) is 0 Å². The number of ether oxygens (including phenoxy) is 1. The van der Waals surface area contributed by atoms with E-state index in [1.165, 1.54) is 19.3 Å². The van der Waals surface area contributed by atoms with Crippen LogP contribution in [0.4, 0.5) is 0 Å². The molecule has 1 fully saturated rings. The first-order valence-corrected chi connectivity index (χ1v) is 8.33. The van der Waals surface area contributed by atoms with Gasteiger partial charge in [-0.15, -0.1) is 6.58 Å². The third-order valence-corrected chi connectivity index (χ3v) is 4.14. The van der Waals surface area contributed by atoms with Gasteiger partial charge in [-0.05, 0) is 19.8 Å². The van der Waals surface area contributed by atoms with Crippen LogP contribution in [-0.2, 0) is 17.8 Å². The van der Waals surface area contributed by atoms with Crippen LogP contribution >= 0.6 is 0 Å². The predicted octanol–water partition coefficient (Wildman–Crippen LogP) is 2.18. The molecular weight excluding hydrogens is 278 g/mol. The van der Waals surface area contributed by atoms with Crippen molar-refractivity contribution < 1.29 is 9.84 Å². The average molecular weight is 307 g/mol. The van der Waals surface area contributed by atoms with Gasteiger partial charge in [-0.1, -0.05) is 25.3 Å². The van der Waals surface area contributed by atoms with Crippen molar-refractivity contribution >= 4 is 0 Å². The van der Waals surface area contributed by atoms with Crippen molar-refractivity contribution in [2.75, 3.05) is 13.2 Å². The Morgan fingerprint density at radius 1 is 1.50 bits per heavy atom. The van der Waals surface area contributed by atoms with Crippen molar-refractivity contribution in [3.8, 4) is 0 Å². The van der Waals surface area contributed by atoms with Crippen LogP contribution in [0, 0.1) is 6.92 Å². The Balaban J connectivity index is 1.63. The van der Waals surface area contributed by atoms with Crippen LogP contribution in [0.2, 0.25) is 0 Å². The molecule has 0 radical (unpaired) electrons. The number of hydrogen-bond donors (Lipinski definition) is 2. The standard InChI is InChI=1S/C17H29N3O2/c1-3-9-20-12-15(14(2)19-20)10-18-11-16(21)13-22-17-7-5-4-6-8-17/h3,12,16-18,21H,1,4-11,13H2,2H3/t16-/m0/s1. The van der Waals surface area contributed by atoms with Crippen molar-refractivity contribution in [2.24, 2.45) is 0 Å². The van der Waals surface area contributed by atoms with E-state index in [9.17, 15) is 5.11 Å². The van der Waals surface area contributed by atoms with E-state index in [1.807, 2.05) is 23.9 Å². The van der Waals surface area contributed by atoms with Gasteiger partial charge in [-0.3, -0.25) is 4.68 Å². The van der Waals surface area contributed by atoms with E-state index in [-0.39, 0.29) is 0 Å². The van der Waals surface area contributed by atoms with Gasteiger partial charge in [0.25, 0.3) is 0 Å². The highest BCUT2D eigenvalue weighted by Gasteiger charge is 2.15. The first-order valence-electron chi connectivity index (χ1n) is 8.33. The van der Waals surface area contributed by atoms with E-state index in [0.717, 1.165) is 30.6 Å². The maximum absolute atomic E-state index is 9.99. The lowest BCUT2D eigenvalue weighted by Gasteiger charge is -2.23. The second-order valence-corrected chi connectivity index (χ2v) is 6.13. The third-order valence-electron chi connectivity index (χ3n) is 4.14. The lowest BCUT2D eigenvalue weighted by atomic mass is 9.98. The summed E-state index contributed by atoms with van der Waals surface area (Å²) in [6.07, 6.45) is 9.87. The molecule has 1 heterocycles. The van der Waals surface area contributed by atoms with E-state index in [2.05, 4.69) is 17.0 Å². The van der Waals surface area contributed by atoms with Gasteiger partial charge >= 0.3 is 0 Å². The largest absolute Gasteiger partial charge is 0.389 e. The van der Waals surface area contributed by atoms with Crippen LogP contribution in [-0.4, -0.2) is 40.2 Å². The third kappa shape index (κ3) is 5.55. The molecule has 1 aliphatic carbocycles. The Bertz CT molecular complexity index is 453. The van der Waals surface area contributed by atoms with Gasteiger partial charge in [0.15, 0.2) is 0 Å². The molecule has 0 amide bonds. The number of aliphatic hydroxyl groups excluding tert-OH is 1. The summed E-state index contributed by atoms with van der Waals surface area (Å²) in [5.74, 6) is 0. The fourth-order valence-electron chi connectivity index (χ4n) is 2.87. The van der Waals surface area contributed by atoms with E-state index in [1.54, 1.807) is 0 Å². The van der Waals surface area contributed by atoms with Crippen LogP contribution in [0.5, 0.6) is 0 Å². The molecule has 0 bridgehead atoms. The van der Waals surface area contributed by atoms with Gasteiger partial charge in [-0.25, -0.2) is 0 Å². The molecule has 1 aromatic rings. The van der Waals surface area contributed by atoms with Crippen LogP contribution in [0.3, 0.4) is 0 Å². The Morgan fingerprint density at radius 3 is 3.00 bits per heavy atom. The molecule has 0 aromatic carbocycles. The summed E-state index contributed by atoms with van der Waals surface area (Å²) >= 11 is 0. The van der Waals surface area contributed by atoms with Crippen molar-refractivity contribution in [1.82, 2.24) is 15.1 Å². The van der Waals surface area contributed by atoms with Crippen LogP contribution < -0.4 is 5.32 Å². The Morgan fingerprint density at radius 2 is 2.27 bits per heavy atom. The highest BCUT2D eigenvalue weighted by molar-refractivity contribution is 5.15. The molecule has 22 heavy (non-hydrogen) atoms. The molecule has 1 atom stereocenters. The predicted molar refractivity (Wildman–Crippen MR) is 87.7 cm³/mol. The quantitative estimate of drug-likeness (QED) is 0.687. The Hall–Kier alpha value is -1.17. The van der Waals surface area contributed by atoms with Gasteiger partial charge in [-0.2, -0.15) is 5.10 Å². The van der Waals surface area contributed by atoms with E-state index in [4.69, 9.17) is 4.74 Å². The molecule has 124 valence electrons. The zero-order valence-electron chi connectivity index (χ0n) is 13.6. The minimum absolute atomic E-state index is 0.350. The maximum atomic E-state index is 9.99. The van der Waals surface area contributed by atoms with Crippen molar-refractivity contribution in [1.29, 1.82) is 0 Å². The molecule has 2 rings (SSSR count). The smallest absolute Gasteiger partial charge is 0.0897 e. The van der Waals surface area contributed by atoms with Crippen molar-refractivity contribution in [3.63, 3.8) is 0 Å². The average Bonchev–Trinajstić information content (AvgIpc) is 2.87. The summed E-state index contributed by atoms with van der Waals surface area (Å²) < 4.78 is 7.67. The fraction of sp³-hybridized carbons (Fsp3) is 0.706. The Labute approximate surface area is 133 Å². The fourth-order valence-corrected chi connectivity index (χ4v) is 2.87. The molecule has 5 heteroatoms. The minimum atomic E-state index is -0.453. The molecule has 2 N–H and O–H groups in total. The highest BCUT2D eigenvalue weighted by Crippen LogP contribution is 2.20. The number of nitrogens with one attached hydrogen (secondary N) is 1. The summed E-state index contributed by atoms with van der Waals surface area (Å²) in [5, 5.41) is 17.7. The van der Waals surface area contributed by atoms with Crippen LogP contribution in [0.1, 0.15) is 43.4 Å². The second-order valence-electron chi connectivity index (χ2n) is 6.13. The molecule has 1 saturated carbocycles. The van der Waals surface area contributed by atoms with Crippen LogP contribution in [0.15, 0.2) is 18.9 Å². The number of allylic oxidation sites excluding steroid dienone is 1. The zero-order valence-corrected chi connectivity index (χ0v) is 13.6. The van der Waals surface area contributed by atoms with E-state index >= 15 is 0 Å². The van der Waals surface area contributed by atoms with Crippen molar-refractivity contribution in [3.05, 3.63) is 30.1 Å². The molecule has 1 aromatic heterocycles. The number of aliphatic hydroxyl groups is 1. The van der Waals surface area contributed by atoms with Gasteiger partial charge in [0.1, 0.15) is 0 Å². The molecule has 1 aliphatic rings. The molecular formula is C17H29N3O2. The summed E-state index contributed by atoms with van der Waals surface area (Å²) in [7, 11) is 0. The molecule has 0 aliphatic heterocycles. The number of aryl methyl sites for hydroxylation is 1. The van der Waals surface area contributed by atoms with Crippen molar-refractivity contribution in [2.45, 2.75) is 64.3 Å². The van der Waals surface area contributed by atoms with E-state index < -0.39 is 6.10 Å². The topological polar surface area (TPSA) is 59.3 Å². The lowest BCUT2D eigenvalue weighted by Crippen LogP contribution is -2.32. The first-order chi connectivity index (χ1) is 10.7. The molecule has 0 unspecified atom stereocenters. The molecule has 0 spiro atoms. The van der Waals surface area contributed by atoms with Gasteiger partial charge in [0.05, 0.1) is 31.1 Å². The van der Waals surface area contributed by atoms with Gasteiger partial charge in [0, 0.05) is 24.8 Å². The maximum Gasteiger partial charge on any atom is 0.0897 e. The summed E-state index contributed by atoms with van der Waals surface area (Å²) in [5.41, 5.74) is 2.17. The summed E-state index contributed by atoms with van der Waals surface area (Å²) in [6, 6.07) is 0. The van der Waals surface area contributed by atoms with E-state index in [0.29, 0.717) is 25.8 Å². The molecule has 0 saturated heterocycles. The number of hydrogen-bond acceptors (Lipinski definition) is 4. The number of aromatic nitrogens is 2. The lowest BCUT2D eigenvalue weighted by molar-refractivity contribution is -0.0230.